The van der Waals surface area contributed by atoms with Gasteiger partial charge in [-0.2, -0.15) is 0 Å². The molecule has 0 bridgehead atoms. The van der Waals surface area contributed by atoms with E-state index in [0.29, 0.717) is 17.9 Å². The molecule has 6 heteroatoms. The minimum absolute atomic E-state index is 0.360. The number of hydrogen-bond acceptors (Lipinski definition) is 4. The van der Waals surface area contributed by atoms with Gasteiger partial charge in [0.15, 0.2) is 0 Å². The number of carbonyl (C=O) groups excluding carboxylic acids is 1. The van der Waals surface area contributed by atoms with E-state index in [1.807, 2.05) is 17.7 Å². The largest absolute Gasteiger partial charge is 0.467 e. The Bertz CT molecular complexity index is 515. The highest BCUT2D eigenvalue weighted by molar-refractivity contribution is 5.93. The fourth-order valence-corrected chi connectivity index (χ4v) is 1.63. The third kappa shape index (κ3) is 2.36. The highest BCUT2D eigenvalue weighted by Crippen LogP contribution is 2.11. The molecule has 2 aromatic rings. The highest BCUT2D eigenvalue weighted by atomic mass is 16.3. The third-order valence-electron chi connectivity index (χ3n) is 2.49. The normalized spacial score (nSPS) is 10.5. The molecule has 0 aliphatic heterocycles. The third-order valence-corrected chi connectivity index (χ3v) is 2.49. The molecule has 0 saturated heterocycles. The van der Waals surface area contributed by atoms with Gasteiger partial charge < -0.3 is 8.98 Å². The Labute approximate surface area is 98.4 Å². The van der Waals surface area contributed by atoms with Crippen molar-refractivity contribution in [2.24, 2.45) is 5.84 Å². The topological polar surface area (TPSA) is 86.1 Å². The van der Waals surface area contributed by atoms with E-state index in [0.717, 1.165) is 12.2 Å². The summed E-state index contributed by atoms with van der Waals surface area (Å²) in [5, 5.41) is 0. The number of aryl methyl sites for hydroxylation is 1. The average molecular weight is 234 g/mol. The number of nitrogen functional groups attached to an aromatic ring is 1. The van der Waals surface area contributed by atoms with E-state index in [2.05, 4.69) is 10.4 Å². The van der Waals surface area contributed by atoms with Gasteiger partial charge in [0.05, 0.1) is 12.1 Å². The maximum atomic E-state index is 11.2. The van der Waals surface area contributed by atoms with Crippen LogP contribution in [0.15, 0.2) is 29.1 Å². The lowest BCUT2D eigenvalue weighted by Crippen LogP contribution is -2.29. The van der Waals surface area contributed by atoms with Crippen molar-refractivity contribution in [3.05, 3.63) is 41.9 Å². The molecule has 0 unspecified atom stereocenters. The average Bonchev–Trinajstić information content (AvgIpc) is 2.97. The summed E-state index contributed by atoms with van der Waals surface area (Å²) in [6.45, 7) is 2.59. The lowest BCUT2D eigenvalue weighted by molar-refractivity contribution is 0.0953. The molecule has 2 heterocycles. The van der Waals surface area contributed by atoms with Crippen molar-refractivity contribution in [2.45, 2.75) is 19.9 Å². The summed E-state index contributed by atoms with van der Waals surface area (Å²) in [6.07, 6.45) is 5.86. The Balaban J connectivity index is 2.14. The Hall–Kier alpha value is -2.08. The molecule has 0 aromatic carbocycles. The predicted octanol–water partition coefficient (Wildman–Crippen LogP) is 0.690. The summed E-state index contributed by atoms with van der Waals surface area (Å²) in [6, 6.07) is 1.67. The van der Waals surface area contributed by atoms with Gasteiger partial charge in [0, 0.05) is 18.8 Å². The number of imidazole rings is 1. The molecule has 17 heavy (non-hydrogen) atoms. The first-order chi connectivity index (χ1) is 8.24. The zero-order chi connectivity index (χ0) is 12.3. The number of aromatic nitrogens is 2. The minimum atomic E-state index is -0.360. The Kier molecular flexibility index (Phi) is 3.24. The van der Waals surface area contributed by atoms with Gasteiger partial charge >= 0.3 is 0 Å². The monoisotopic (exact) mass is 234 g/mol. The molecule has 0 aliphatic rings. The lowest BCUT2D eigenvalue weighted by Gasteiger charge is -2.02. The van der Waals surface area contributed by atoms with Gasteiger partial charge in [0.2, 0.25) is 0 Å². The number of hydrogen-bond donors (Lipinski definition) is 2. The molecule has 90 valence electrons. The summed E-state index contributed by atoms with van der Waals surface area (Å²) in [5.74, 6) is 6.35. The second kappa shape index (κ2) is 4.84. The van der Waals surface area contributed by atoms with Gasteiger partial charge in [-0.05, 0) is 6.07 Å². The summed E-state index contributed by atoms with van der Waals surface area (Å²) < 4.78 is 7.27. The summed E-state index contributed by atoms with van der Waals surface area (Å²) >= 11 is 0. The molecule has 0 fully saturated rings. The SMILES string of the molecule is CCc1nccn1Cc1cc(C(=O)NN)co1. The maximum absolute atomic E-state index is 11.2. The quantitative estimate of drug-likeness (QED) is 0.463. The molecular formula is C11H14N4O2. The second-order valence-corrected chi connectivity index (χ2v) is 3.60. The van der Waals surface area contributed by atoms with Crippen LogP contribution in [0.2, 0.25) is 0 Å². The smallest absolute Gasteiger partial charge is 0.268 e. The number of nitrogens with two attached hydrogens (primary N) is 1. The summed E-state index contributed by atoms with van der Waals surface area (Å²) in [4.78, 5) is 15.4. The summed E-state index contributed by atoms with van der Waals surface area (Å²) in [7, 11) is 0. The van der Waals surface area contributed by atoms with Crippen LogP contribution < -0.4 is 11.3 Å². The van der Waals surface area contributed by atoms with E-state index in [1.165, 1.54) is 6.26 Å². The number of amides is 1. The van der Waals surface area contributed by atoms with Crippen LogP contribution in [-0.4, -0.2) is 15.5 Å². The second-order valence-electron chi connectivity index (χ2n) is 3.60. The Morgan fingerprint density at radius 3 is 3.18 bits per heavy atom. The van der Waals surface area contributed by atoms with Crippen LogP contribution in [0.4, 0.5) is 0 Å². The number of nitrogens with one attached hydrogen (secondary N) is 1. The number of nitrogens with zero attached hydrogens (tertiary/aromatic N) is 2. The van der Waals surface area contributed by atoms with Crippen LogP contribution in [-0.2, 0) is 13.0 Å². The van der Waals surface area contributed by atoms with Gasteiger partial charge in [0.1, 0.15) is 17.8 Å². The maximum Gasteiger partial charge on any atom is 0.268 e. The van der Waals surface area contributed by atoms with Crippen LogP contribution in [0, 0.1) is 0 Å². The zero-order valence-corrected chi connectivity index (χ0v) is 9.51. The van der Waals surface area contributed by atoms with Gasteiger partial charge in [-0.3, -0.25) is 10.2 Å². The Morgan fingerprint density at radius 2 is 2.47 bits per heavy atom. The van der Waals surface area contributed by atoms with Crippen molar-refractivity contribution >= 4 is 5.91 Å². The van der Waals surface area contributed by atoms with Gasteiger partial charge in [-0.15, -0.1) is 0 Å². The summed E-state index contributed by atoms with van der Waals surface area (Å²) in [5.41, 5.74) is 2.48. The molecule has 0 aliphatic carbocycles. The first-order valence-electron chi connectivity index (χ1n) is 5.33. The standard InChI is InChI=1S/C11H14N4O2/c1-2-10-13-3-4-15(10)6-9-5-8(7-17-9)11(16)14-12/h3-5,7H,2,6,12H2,1H3,(H,14,16). The number of carbonyl (C=O) groups is 1. The zero-order valence-electron chi connectivity index (χ0n) is 9.51. The van der Waals surface area contributed by atoms with E-state index in [9.17, 15) is 4.79 Å². The lowest BCUT2D eigenvalue weighted by atomic mass is 10.3. The van der Waals surface area contributed by atoms with E-state index in [4.69, 9.17) is 10.3 Å². The Morgan fingerprint density at radius 1 is 1.65 bits per heavy atom. The molecule has 1 amide bonds. The molecule has 2 aromatic heterocycles. The molecule has 2 rings (SSSR count). The van der Waals surface area contributed by atoms with E-state index >= 15 is 0 Å². The van der Waals surface area contributed by atoms with Gasteiger partial charge in [-0.1, -0.05) is 6.92 Å². The van der Waals surface area contributed by atoms with E-state index < -0.39 is 0 Å². The molecule has 3 N–H and O–H groups in total. The van der Waals surface area contributed by atoms with Crippen LogP contribution in [0.25, 0.3) is 0 Å². The van der Waals surface area contributed by atoms with Crippen LogP contribution >= 0.6 is 0 Å². The number of rotatable bonds is 4. The van der Waals surface area contributed by atoms with Crippen molar-refractivity contribution in [3.63, 3.8) is 0 Å². The first kappa shape index (κ1) is 11.4. The highest BCUT2D eigenvalue weighted by Gasteiger charge is 2.10. The molecule has 0 atom stereocenters. The fourth-order valence-electron chi connectivity index (χ4n) is 1.63. The molecule has 0 radical (unpaired) electrons. The van der Waals surface area contributed by atoms with Crippen LogP contribution in [0.5, 0.6) is 0 Å². The molecule has 0 saturated carbocycles. The van der Waals surface area contributed by atoms with Crippen LogP contribution in [0.3, 0.4) is 0 Å². The molecular weight excluding hydrogens is 220 g/mol. The van der Waals surface area contributed by atoms with Gasteiger partial charge in [-0.25, -0.2) is 10.8 Å². The van der Waals surface area contributed by atoms with Crippen molar-refractivity contribution < 1.29 is 9.21 Å². The van der Waals surface area contributed by atoms with E-state index in [1.54, 1.807) is 12.3 Å². The van der Waals surface area contributed by atoms with Crippen molar-refractivity contribution in [1.29, 1.82) is 0 Å². The van der Waals surface area contributed by atoms with Crippen molar-refractivity contribution in [1.82, 2.24) is 15.0 Å². The molecule has 0 spiro atoms. The minimum Gasteiger partial charge on any atom is -0.467 e. The first-order valence-corrected chi connectivity index (χ1v) is 5.33. The van der Waals surface area contributed by atoms with Crippen molar-refractivity contribution in [3.8, 4) is 0 Å². The number of hydrazine groups is 1. The molecule has 6 nitrogen and oxygen atoms in total. The number of furan rings is 1. The van der Waals surface area contributed by atoms with E-state index in [-0.39, 0.29) is 5.91 Å². The predicted molar refractivity (Wildman–Crippen MR) is 61.1 cm³/mol. The van der Waals surface area contributed by atoms with Crippen LogP contribution in [0.1, 0.15) is 28.9 Å². The van der Waals surface area contributed by atoms with Crippen molar-refractivity contribution in [2.75, 3.05) is 0 Å². The van der Waals surface area contributed by atoms with Gasteiger partial charge in [0.25, 0.3) is 5.91 Å². The fraction of sp³-hybridized carbons (Fsp3) is 0.273.